The van der Waals surface area contributed by atoms with Crippen molar-refractivity contribution in [3.63, 3.8) is 0 Å². The maximum absolute atomic E-state index is 15.4. The van der Waals surface area contributed by atoms with E-state index in [-0.39, 0.29) is 17.5 Å². The molecule has 4 aromatic rings. The maximum atomic E-state index is 15.4. The van der Waals surface area contributed by atoms with E-state index < -0.39 is 15.7 Å². The molecule has 9 heteroatoms. The Balaban J connectivity index is 1.77. The molecule has 1 saturated carbocycles. The van der Waals surface area contributed by atoms with E-state index in [2.05, 4.69) is 15.9 Å². The van der Waals surface area contributed by atoms with Crippen molar-refractivity contribution in [2.75, 3.05) is 12.0 Å². The van der Waals surface area contributed by atoms with E-state index in [9.17, 15) is 13.2 Å². The van der Waals surface area contributed by atoms with Crippen molar-refractivity contribution in [1.29, 1.82) is 0 Å². The monoisotopic (exact) mass is 519 g/mol. The van der Waals surface area contributed by atoms with Gasteiger partial charge in [-0.3, -0.25) is 9.13 Å². The molecule has 0 saturated heterocycles. The van der Waals surface area contributed by atoms with Crippen LogP contribution in [-0.4, -0.2) is 34.1 Å². The second kappa shape index (κ2) is 7.59. The van der Waals surface area contributed by atoms with Crippen LogP contribution in [0.5, 0.6) is 0 Å². The second-order valence-corrected chi connectivity index (χ2v) is 11.8. The number of sulfone groups is 1. The third-order valence-electron chi connectivity index (χ3n) is 6.12. The van der Waals surface area contributed by atoms with Crippen molar-refractivity contribution in [1.82, 2.24) is 13.7 Å². The Morgan fingerprint density at radius 3 is 2.53 bits per heavy atom. The molecule has 32 heavy (non-hydrogen) atoms. The molecule has 1 aliphatic carbocycles. The molecule has 2 aromatic carbocycles. The van der Waals surface area contributed by atoms with E-state index in [1.54, 1.807) is 17.7 Å². The van der Waals surface area contributed by atoms with Crippen LogP contribution in [0.2, 0.25) is 0 Å². The number of hydrogen-bond donors (Lipinski definition) is 0. The number of rotatable bonds is 6. The number of imidazole rings is 1. The van der Waals surface area contributed by atoms with Gasteiger partial charge < -0.3 is 4.57 Å². The zero-order chi connectivity index (χ0) is 22.8. The molecule has 168 valence electrons. The summed E-state index contributed by atoms with van der Waals surface area (Å²) in [6.45, 7) is 0.417. The quantitative estimate of drug-likeness (QED) is 0.373. The zero-order valence-corrected chi connectivity index (χ0v) is 20.2. The number of halogens is 2. The minimum atomic E-state index is -3.11. The molecule has 6 nitrogen and oxygen atoms in total. The van der Waals surface area contributed by atoms with E-state index in [0.29, 0.717) is 29.7 Å². The normalized spacial score (nSPS) is 14.6. The topological polar surface area (TPSA) is 66.0 Å². The van der Waals surface area contributed by atoms with Crippen LogP contribution in [0, 0.1) is 5.82 Å². The lowest BCUT2D eigenvalue weighted by Gasteiger charge is -2.13. The van der Waals surface area contributed by atoms with Gasteiger partial charge in [0.15, 0.2) is 0 Å². The summed E-state index contributed by atoms with van der Waals surface area (Å²) in [6.07, 6.45) is 3.53. The van der Waals surface area contributed by atoms with Gasteiger partial charge in [0, 0.05) is 41.3 Å². The lowest BCUT2D eigenvalue weighted by atomic mass is 10.1. The third-order valence-corrected chi connectivity index (χ3v) is 7.65. The molecule has 2 heterocycles. The SMILES string of the molecule is Cn1c(=O)n(C2CC2)c2ccc(F)c(-c3cc4cc(Br)ccc4n3CCCS(C)(=O)=O)c21. The first kappa shape index (κ1) is 21.5. The summed E-state index contributed by atoms with van der Waals surface area (Å²) in [5.41, 5.74) is 3.04. The van der Waals surface area contributed by atoms with Gasteiger partial charge in [-0.15, -0.1) is 0 Å². The van der Waals surface area contributed by atoms with Gasteiger partial charge in [0.05, 0.1) is 28.0 Å². The van der Waals surface area contributed by atoms with Crippen molar-refractivity contribution >= 4 is 47.7 Å². The van der Waals surface area contributed by atoms with Gasteiger partial charge in [-0.1, -0.05) is 15.9 Å². The summed E-state index contributed by atoms with van der Waals surface area (Å²) < 4.78 is 44.9. The highest BCUT2D eigenvalue weighted by Gasteiger charge is 2.30. The van der Waals surface area contributed by atoms with Crippen LogP contribution in [0.25, 0.3) is 33.2 Å². The minimum Gasteiger partial charge on any atom is -0.340 e. The Hall–Kier alpha value is -2.39. The van der Waals surface area contributed by atoms with Crippen LogP contribution in [0.15, 0.2) is 45.7 Å². The molecule has 0 N–H and O–H groups in total. The summed E-state index contributed by atoms with van der Waals surface area (Å²) in [6, 6.07) is 11.0. The van der Waals surface area contributed by atoms with E-state index >= 15 is 4.39 Å². The van der Waals surface area contributed by atoms with Crippen molar-refractivity contribution in [3.8, 4) is 11.3 Å². The number of hydrogen-bond acceptors (Lipinski definition) is 3. The molecule has 0 amide bonds. The largest absolute Gasteiger partial charge is 0.340 e. The summed E-state index contributed by atoms with van der Waals surface area (Å²) in [4.78, 5) is 13.0. The fourth-order valence-electron chi connectivity index (χ4n) is 4.55. The van der Waals surface area contributed by atoms with Crippen molar-refractivity contribution in [2.45, 2.75) is 31.8 Å². The van der Waals surface area contributed by atoms with Gasteiger partial charge in [-0.05, 0) is 55.7 Å². The smallest absolute Gasteiger partial charge is 0.329 e. The number of aromatic nitrogens is 3. The Labute approximate surface area is 193 Å². The molecule has 5 rings (SSSR count). The fourth-order valence-corrected chi connectivity index (χ4v) is 5.59. The summed E-state index contributed by atoms with van der Waals surface area (Å²) in [7, 11) is -1.43. The molecule has 2 aromatic heterocycles. The Morgan fingerprint density at radius 1 is 1.12 bits per heavy atom. The van der Waals surface area contributed by atoms with Crippen LogP contribution in [-0.2, 0) is 23.4 Å². The van der Waals surface area contributed by atoms with Crippen LogP contribution >= 0.6 is 15.9 Å². The van der Waals surface area contributed by atoms with Gasteiger partial charge in [0.25, 0.3) is 0 Å². The number of fused-ring (bicyclic) bond motifs is 2. The second-order valence-electron chi connectivity index (χ2n) is 8.60. The molecule has 0 atom stereocenters. The van der Waals surface area contributed by atoms with Crippen LogP contribution in [0.4, 0.5) is 4.39 Å². The fraction of sp³-hybridized carbons (Fsp3) is 0.348. The predicted molar refractivity (Wildman–Crippen MR) is 128 cm³/mol. The Bertz CT molecular complexity index is 1540. The highest BCUT2D eigenvalue weighted by molar-refractivity contribution is 9.10. The van der Waals surface area contributed by atoms with Crippen LogP contribution in [0.1, 0.15) is 25.3 Å². The van der Waals surface area contributed by atoms with E-state index in [1.165, 1.54) is 16.9 Å². The molecular formula is C23H23BrFN3O3S. The van der Waals surface area contributed by atoms with Gasteiger partial charge >= 0.3 is 5.69 Å². The first-order valence-electron chi connectivity index (χ1n) is 10.5. The highest BCUT2D eigenvalue weighted by atomic mass is 79.9. The predicted octanol–water partition coefficient (Wildman–Crippen LogP) is 4.63. The number of nitrogens with zero attached hydrogens (tertiary/aromatic N) is 3. The molecule has 1 fully saturated rings. The summed E-state index contributed by atoms with van der Waals surface area (Å²) in [5.74, 6) is -0.362. The van der Waals surface area contributed by atoms with Gasteiger partial charge in [-0.2, -0.15) is 0 Å². The van der Waals surface area contributed by atoms with E-state index in [0.717, 1.165) is 33.7 Å². The van der Waals surface area contributed by atoms with Gasteiger partial charge in [-0.25, -0.2) is 17.6 Å². The van der Waals surface area contributed by atoms with Gasteiger partial charge in [0.1, 0.15) is 15.7 Å². The summed E-state index contributed by atoms with van der Waals surface area (Å²) in [5, 5.41) is 0.914. The molecular weight excluding hydrogens is 497 g/mol. The van der Waals surface area contributed by atoms with E-state index in [4.69, 9.17) is 0 Å². The lowest BCUT2D eigenvalue weighted by Crippen LogP contribution is -2.21. The van der Waals surface area contributed by atoms with Crippen molar-refractivity contribution in [2.24, 2.45) is 7.05 Å². The molecule has 1 aliphatic rings. The Kier molecular flexibility index (Phi) is 5.09. The molecule has 0 unspecified atom stereocenters. The molecule has 0 spiro atoms. The third kappa shape index (κ3) is 3.61. The first-order chi connectivity index (χ1) is 15.2. The zero-order valence-electron chi connectivity index (χ0n) is 17.8. The molecule has 0 bridgehead atoms. The standard InChI is InChI=1S/C23H23BrFN3O3S/c1-26-22-19(28(23(26)29)16-5-6-16)9-7-17(25)21(22)20-13-14-12-15(24)4-8-18(14)27(20)10-3-11-32(2,30)31/h4,7-9,12-13,16H,3,5-6,10-11H2,1-2H3. The van der Waals surface area contributed by atoms with Crippen molar-refractivity contribution < 1.29 is 12.8 Å². The highest BCUT2D eigenvalue weighted by Crippen LogP contribution is 2.40. The van der Waals surface area contributed by atoms with E-state index in [1.807, 2.05) is 28.8 Å². The van der Waals surface area contributed by atoms with Gasteiger partial charge in [0.2, 0.25) is 0 Å². The lowest BCUT2D eigenvalue weighted by molar-refractivity contribution is 0.593. The first-order valence-corrected chi connectivity index (χ1v) is 13.4. The van der Waals surface area contributed by atoms with Crippen molar-refractivity contribution in [3.05, 3.63) is 57.2 Å². The maximum Gasteiger partial charge on any atom is 0.329 e. The number of benzene rings is 2. The van der Waals surface area contributed by atoms with Crippen LogP contribution in [0.3, 0.4) is 0 Å². The average molecular weight is 520 g/mol. The average Bonchev–Trinajstić information content (AvgIpc) is 3.44. The Morgan fingerprint density at radius 2 is 1.84 bits per heavy atom. The van der Waals surface area contributed by atoms with Crippen LogP contribution < -0.4 is 5.69 Å². The molecule has 0 radical (unpaired) electrons. The minimum absolute atomic E-state index is 0.0475. The number of aryl methyl sites for hydroxylation is 2. The molecule has 0 aliphatic heterocycles. The summed E-state index contributed by atoms with van der Waals surface area (Å²) >= 11 is 3.49.